The van der Waals surface area contributed by atoms with Crippen LogP contribution in [0, 0.1) is 6.92 Å². The second-order valence-electron chi connectivity index (χ2n) is 9.96. The van der Waals surface area contributed by atoms with Crippen LogP contribution in [0.3, 0.4) is 0 Å². The summed E-state index contributed by atoms with van der Waals surface area (Å²) in [5.41, 5.74) is 3.11. The molecule has 0 bridgehead atoms. The van der Waals surface area contributed by atoms with Gasteiger partial charge in [-0.1, -0.05) is 35.9 Å². The molecule has 9 heteroatoms. The molecule has 3 aliphatic rings. The zero-order valence-electron chi connectivity index (χ0n) is 20.3. The Bertz CT molecular complexity index is 1250. The van der Waals surface area contributed by atoms with Gasteiger partial charge >= 0.3 is 6.03 Å². The molecule has 186 valence electrons. The molecule has 1 unspecified atom stereocenters. The van der Waals surface area contributed by atoms with E-state index in [9.17, 15) is 18.0 Å². The van der Waals surface area contributed by atoms with Crippen molar-refractivity contribution in [2.45, 2.75) is 50.0 Å². The lowest BCUT2D eigenvalue weighted by Gasteiger charge is -2.35. The SMILES string of the molecule is Cc1ccc(C2(C)NC(=O)N(CN3CCN(S(=O)(=O)c4ccc5c(c4)CCCC5)CC3)C2=O)cc1. The quantitative estimate of drug-likeness (QED) is 0.643. The molecule has 2 aromatic carbocycles. The molecule has 3 amide bonds. The van der Waals surface area contributed by atoms with Crippen LogP contribution in [0.5, 0.6) is 0 Å². The fourth-order valence-electron chi connectivity index (χ4n) is 5.24. The molecular formula is C26H32N4O4S. The highest BCUT2D eigenvalue weighted by Crippen LogP contribution is 2.30. The van der Waals surface area contributed by atoms with E-state index in [1.54, 1.807) is 13.0 Å². The summed E-state index contributed by atoms with van der Waals surface area (Å²) in [4.78, 5) is 29.5. The number of aryl methyl sites for hydroxylation is 3. The van der Waals surface area contributed by atoms with E-state index in [1.165, 1.54) is 14.8 Å². The summed E-state index contributed by atoms with van der Waals surface area (Å²) in [6.45, 7) is 5.36. The van der Waals surface area contributed by atoms with Gasteiger partial charge in [0.25, 0.3) is 5.91 Å². The van der Waals surface area contributed by atoms with Crippen molar-refractivity contribution >= 4 is 22.0 Å². The van der Waals surface area contributed by atoms with Gasteiger partial charge in [-0.05, 0) is 68.4 Å². The summed E-state index contributed by atoms with van der Waals surface area (Å²) in [6, 6.07) is 12.7. The molecule has 2 aliphatic heterocycles. The molecule has 2 saturated heterocycles. The van der Waals surface area contributed by atoms with Crippen LogP contribution in [0.15, 0.2) is 47.4 Å². The third-order valence-electron chi connectivity index (χ3n) is 7.53. The number of nitrogens with one attached hydrogen (secondary N) is 1. The molecular weight excluding hydrogens is 464 g/mol. The van der Waals surface area contributed by atoms with E-state index >= 15 is 0 Å². The highest BCUT2D eigenvalue weighted by atomic mass is 32.2. The number of carbonyl (C=O) groups excluding carboxylic acids is 2. The van der Waals surface area contributed by atoms with Crippen LogP contribution in [-0.4, -0.2) is 67.3 Å². The summed E-state index contributed by atoms with van der Waals surface area (Å²) >= 11 is 0. The number of carbonyl (C=O) groups is 2. The smallest absolute Gasteiger partial charge is 0.319 e. The van der Waals surface area contributed by atoms with Crippen molar-refractivity contribution in [3.8, 4) is 0 Å². The monoisotopic (exact) mass is 496 g/mol. The predicted octanol–water partition coefficient (Wildman–Crippen LogP) is 2.60. The standard InChI is InChI=1S/C26H32N4O4S/c1-19-7-10-22(11-8-19)26(2)24(31)30(25(32)27-26)18-28-13-15-29(16-14-28)35(33,34)23-12-9-20-5-3-4-6-21(20)17-23/h7-12,17H,3-6,13-16,18H2,1-2H3,(H,27,32). The van der Waals surface area contributed by atoms with E-state index in [-0.39, 0.29) is 12.6 Å². The minimum Gasteiger partial charge on any atom is -0.319 e. The Morgan fingerprint density at radius 1 is 0.914 bits per heavy atom. The largest absolute Gasteiger partial charge is 0.326 e. The Balaban J connectivity index is 1.23. The van der Waals surface area contributed by atoms with Gasteiger partial charge in [-0.15, -0.1) is 0 Å². The van der Waals surface area contributed by atoms with E-state index in [0.29, 0.717) is 31.1 Å². The maximum absolute atomic E-state index is 13.3. The van der Waals surface area contributed by atoms with Crippen LogP contribution >= 0.6 is 0 Å². The number of piperazine rings is 1. The molecule has 0 spiro atoms. The second-order valence-corrected chi connectivity index (χ2v) is 11.9. The van der Waals surface area contributed by atoms with E-state index < -0.39 is 21.6 Å². The Morgan fingerprint density at radius 3 is 2.26 bits per heavy atom. The van der Waals surface area contributed by atoms with E-state index in [1.807, 2.05) is 48.2 Å². The number of fused-ring (bicyclic) bond motifs is 1. The van der Waals surface area contributed by atoms with Gasteiger partial charge in [0, 0.05) is 26.2 Å². The highest BCUT2D eigenvalue weighted by Gasteiger charge is 2.49. The van der Waals surface area contributed by atoms with Crippen molar-refractivity contribution < 1.29 is 18.0 Å². The molecule has 8 nitrogen and oxygen atoms in total. The molecule has 0 radical (unpaired) electrons. The number of sulfonamides is 1. The van der Waals surface area contributed by atoms with Crippen LogP contribution in [0.1, 0.15) is 42.0 Å². The van der Waals surface area contributed by atoms with Crippen LogP contribution in [0.2, 0.25) is 0 Å². The number of benzene rings is 2. The summed E-state index contributed by atoms with van der Waals surface area (Å²) in [7, 11) is -3.58. The van der Waals surface area contributed by atoms with Gasteiger partial charge < -0.3 is 5.32 Å². The molecule has 2 heterocycles. The Labute approximate surface area is 206 Å². The van der Waals surface area contributed by atoms with Crippen LogP contribution in [0.25, 0.3) is 0 Å². The average molecular weight is 497 g/mol. The number of hydrogen-bond acceptors (Lipinski definition) is 5. The lowest BCUT2D eigenvalue weighted by molar-refractivity contribution is -0.132. The van der Waals surface area contributed by atoms with Gasteiger partial charge in [0.1, 0.15) is 5.54 Å². The molecule has 2 aromatic rings. The number of nitrogens with zero attached hydrogens (tertiary/aromatic N) is 3. The van der Waals surface area contributed by atoms with E-state index in [4.69, 9.17) is 0 Å². The first-order chi connectivity index (χ1) is 16.7. The minimum absolute atomic E-state index is 0.138. The van der Waals surface area contributed by atoms with Crippen LogP contribution in [0.4, 0.5) is 4.79 Å². The van der Waals surface area contributed by atoms with E-state index in [0.717, 1.165) is 42.4 Å². The molecule has 35 heavy (non-hydrogen) atoms. The van der Waals surface area contributed by atoms with E-state index in [2.05, 4.69) is 5.32 Å². The van der Waals surface area contributed by atoms with Gasteiger partial charge in [-0.25, -0.2) is 18.1 Å². The van der Waals surface area contributed by atoms with Gasteiger partial charge in [-0.3, -0.25) is 9.69 Å². The van der Waals surface area contributed by atoms with Crippen molar-refractivity contribution in [2.24, 2.45) is 0 Å². The molecule has 0 aromatic heterocycles. The Morgan fingerprint density at radius 2 is 1.57 bits per heavy atom. The van der Waals surface area contributed by atoms with Crippen molar-refractivity contribution in [3.63, 3.8) is 0 Å². The normalized spacial score (nSPS) is 23.9. The van der Waals surface area contributed by atoms with Crippen molar-refractivity contribution in [1.82, 2.24) is 19.4 Å². The van der Waals surface area contributed by atoms with Gasteiger partial charge in [0.05, 0.1) is 11.6 Å². The number of urea groups is 1. The van der Waals surface area contributed by atoms with Gasteiger partial charge in [0.2, 0.25) is 10.0 Å². The first kappa shape index (κ1) is 24.0. The number of rotatable bonds is 5. The van der Waals surface area contributed by atoms with Crippen molar-refractivity contribution in [3.05, 3.63) is 64.7 Å². The maximum Gasteiger partial charge on any atom is 0.326 e. The molecule has 1 aliphatic carbocycles. The lowest BCUT2D eigenvalue weighted by atomic mass is 9.91. The molecule has 5 rings (SSSR count). The fraction of sp³-hybridized carbons (Fsp3) is 0.462. The van der Waals surface area contributed by atoms with Gasteiger partial charge in [0.15, 0.2) is 0 Å². The number of imide groups is 1. The average Bonchev–Trinajstić information content (AvgIpc) is 3.08. The number of amides is 3. The zero-order valence-corrected chi connectivity index (χ0v) is 21.1. The summed E-state index contributed by atoms with van der Waals surface area (Å²) in [5, 5.41) is 2.84. The van der Waals surface area contributed by atoms with Gasteiger partial charge in [-0.2, -0.15) is 4.31 Å². The maximum atomic E-state index is 13.3. The topological polar surface area (TPSA) is 90.0 Å². The highest BCUT2D eigenvalue weighted by molar-refractivity contribution is 7.89. The molecule has 0 saturated carbocycles. The summed E-state index contributed by atoms with van der Waals surface area (Å²) < 4.78 is 28.1. The second kappa shape index (κ2) is 9.04. The summed E-state index contributed by atoms with van der Waals surface area (Å²) in [6.07, 6.45) is 4.20. The lowest BCUT2D eigenvalue weighted by Crippen LogP contribution is -2.52. The van der Waals surface area contributed by atoms with Crippen LogP contribution < -0.4 is 5.32 Å². The first-order valence-corrected chi connectivity index (χ1v) is 13.7. The van der Waals surface area contributed by atoms with Crippen LogP contribution in [-0.2, 0) is 33.2 Å². The molecule has 1 N–H and O–H groups in total. The summed E-state index contributed by atoms with van der Waals surface area (Å²) in [5.74, 6) is -0.296. The number of hydrogen-bond donors (Lipinski definition) is 1. The zero-order chi connectivity index (χ0) is 24.8. The third-order valence-corrected chi connectivity index (χ3v) is 9.43. The fourth-order valence-corrected chi connectivity index (χ4v) is 6.71. The van der Waals surface area contributed by atoms with Crippen molar-refractivity contribution in [1.29, 1.82) is 0 Å². The third kappa shape index (κ3) is 4.37. The first-order valence-electron chi connectivity index (χ1n) is 12.2. The predicted molar refractivity (Wildman–Crippen MR) is 132 cm³/mol. The Hall–Kier alpha value is -2.75. The van der Waals surface area contributed by atoms with Crippen molar-refractivity contribution in [2.75, 3.05) is 32.8 Å². The Kier molecular flexibility index (Phi) is 6.19. The molecule has 2 fully saturated rings. The minimum atomic E-state index is -3.58. The molecule has 1 atom stereocenters.